The molecule has 8 heteroatoms. The Kier molecular flexibility index (Phi) is 7.95. The molecule has 0 saturated carbocycles. The smallest absolute Gasteiger partial charge is 0.271 e. The van der Waals surface area contributed by atoms with Crippen LogP contribution < -0.4 is 14.9 Å². The van der Waals surface area contributed by atoms with E-state index in [0.717, 1.165) is 9.13 Å². The molecule has 1 amide bonds. The van der Waals surface area contributed by atoms with Crippen molar-refractivity contribution in [3.05, 3.63) is 91.0 Å². The summed E-state index contributed by atoms with van der Waals surface area (Å²) >= 11 is 14.5. The summed E-state index contributed by atoms with van der Waals surface area (Å²) in [5.74, 6) is 0.583. The van der Waals surface area contributed by atoms with E-state index in [1.165, 1.54) is 13.3 Å². The maximum absolute atomic E-state index is 12.1. The topological polar surface area (TPSA) is 59.9 Å². The lowest BCUT2D eigenvalue weighted by Crippen LogP contribution is -2.17. The maximum Gasteiger partial charge on any atom is 0.271 e. The molecule has 3 aromatic rings. The Balaban J connectivity index is 1.68. The fourth-order valence-corrected chi connectivity index (χ4v) is 3.28. The third-order valence-electron chi connectivity index (χ3n) is 4.03. The second-order valence-corrected chi connectivity index (χ2v) is 8.24. The Morgan fingerprint density at radius 3 is 2.47 bits per heavy atom. The standard InChI is InChI=1S/C22H17Cl2IN2O3/c1-29-20-11-15(12-26-27-22(28)16-4-8-18(25)9-5-16)10-19(24)21(20)30-13-14-2-6-17(23)7-3-14/h2-12H,13H2,1H3,(H,27,28)/b26-12-. The van der Waals surface area contributed by atoms with E-state index in [1.54, 1.807) is 36.4 Å². The number of carbonyl (C=O) groups excluding carboxylic acids is 1. The van der Waals surface area contributed by atoms with Gasteiger partial charge in [-0.25, -0.2) is 5.43 Å². The molecular formula is C22H17Cl2IN2O3. The zero-order valence-corrected chi connectivity index (χ0v) is 19.5. The highest BCUT2D eigenvalue weighted by Gasteiger charge is 2.12. The van der Waals surface area contributed by atoms with Crippen LogP contribution in [-0.2, 0) is 6.61 Å². The van der Waals surface area contributed by atoms with Gasteiger partial charge >= 0.3 is 0 Å². The summed E-state index contributed by atoms with van der Waals surface area (Å²) in [4.78, 5) is 12.1. The van der Waals surface area contributed by atoms with Crippen molar-refractivity contribution in [2.45, 2.75) is 6.61 Å². The van der Waals surface area contributed by atoms with Crippen molar-refractivity contribution in [2.24, 2.45) is 5.10 Å². The quantitative estimate of drug-likeness (QED) is 0.223. The molecule has 0 aliphatic rings. The number of rotatable bonds is 7. The summed E-state index contributed by atoms with van der Waals surface area (Å²) in [5.41, 5.74) is 4.61. The number of carbonyl (C=O) groups is 1. The van der Waals surface area contributed by atoms with Crippen LogP contribution in [0.1, 0.15) is 21.5 Å². The Bertz CT molecular complexity index is 1060. The summed E-state index contributed by atoms with van der Waals surface area (Å²) in [6.07, 6.45) is 1.49. The lowest BCUT2D eigenvalue weighted by molar-refractivity contribution is 0.0955. The zero-order valence-electron chi connectivity index (χ0n) is 15.9. The van der Waals surface area contributed by atoms with Crippen LogP contribution in [0.4, 0.5) is 0 Å². The first-order valence-corrected chi connectivity index (χ1v) is 10.6. The number of halogens is 3. The van der Waals surface area contributed by atoms with Crippen LogP contribution in [0.5, 0.6) is 11.5 Å². The minimum atomic E-state index is -0.302. The number of benzene rings is 3. The van der Waals surface area contributed by atoms with E-state index in [4.69, 9.17) is 32.7 Å². The predicted octanol–water partition coefficient (Wildman–Crippen LogP) is 5.95. The van der Waals surface area contributed by atoms with E-state index >= 15 is 0 Å². The van der Waals surface area contributed by atoms with Crippen LogP contribution >= 0.6 is 45.8 Å². The molecule has 0 spiro atoms. The van der Waals surface area contributed by atoms with Crippen molar-refractivity contribution in [1.29, 1.82) is 0 Å². The van der Waals surface area contributed by atoms with Crippen molar-refractivity contribution in [3.8, 4) is 11.5 Å². The first-order chi connectivity index (χ1) is 14.5. The molecule has 0 aliphatic heterocycles. The number of methoxy groups -OCH3 is 1. The van der Waals surface area contributed by atoms with Gasteiger partial charge in [-0.1, -0.05) is 35.3 Å². The fourth-order valence-electron chi connectivity index (χ4n) is 2.52. The van der Waals surface area contributed by atoms with Gasteiger partial charge in [-0.3, -0.25) is 4.79 Å². The molecule has 0 radical (unpaired) electrons. The molecule has 0 aromatic heterocycles. The van der Waals surface area contributed by atoms with E-state index in [2.05, 4.69) is 33.1 Å². The van der Waals surface area contributed by atoms with Gasteiger partial charge in [0.05, 0.1) is 18.3 Å². The number of nitrogens with one attached hydrogen (secondary N) is 1. The van der Waals surface area contributed by atoms with Gasteiger partial charge in [0.1, 0.15) is 6.61 Å². The van der Waals surface area contributed by atoms with Gasteiger partial charge in [0, 0.05) is 14.2 Å². The second kappa shape index (κ2) is 10.7. The Morgan fingerprint density at radius 1 is 1.10 bits per heavy atom. The highest BCUT2D eigenvalue weighted by molar-refractivity contribution is 14.1. The average Bonchev–Trinajstić information content (AvgIpc) is 2.74. The molecular weight excluding hydrogens is 538 g/mol. The zero-order chi connectivity index (χ0) is 21.5. The number of nitrogens with zero attached hydrogens (tertiary/aromatic N) is 1. The SMILES string of the molecule is COc1cc(/C=N\NC(=O)c2ccc(I)cc2)cc(Cl)c1OCc1ccc(Cl)cc1. The minimum absolute atomic E-state index is 0.302. The van der Waals surface area contributed by atoms with Crippen LogP contribution in [0.25, 0.3) is 0 Å². The molecule has 5 nitrogen and oxygen atoms in total. The van der Waals surface area contributed by atoms with E-state index in [9.17, 15) is 4.79 Å². The second-order valence-electron chi connectivity index (χ2n) is 6.16. The monoisotopic (exact) mass is 554 g/mol. The first kappa shape index (κ1) is 22.4. The van der Waals surface area contributed by atoms with Gasteiger partial charge in [-0.15, -0.1) is 0 Å². The van der Waals surface area contributed by atoms with Crippen molar-refractivity contribution in [1.82, 2.24) is 5.43 Å². The molecule has 154 valence electrons. The van der Waals surface area contributed by atoms with Crippen molar-refractivity contribution < 1.29 is 14.3 Å². The molecule has 3 rings (SSSR count). The normalized spacial score (nSPS) is 10.8. The molecule has 1 N–H and O–H groups in total. The molecule has 0 atom stereocenters. The third-order valence-corrected chi connectivity index (χ3v) is 5.29. The Morgan fingerprint density at radius 2 is 1.80 bits per heavy atom. The lowest BCUT2D eigenvalue weighted by atomic mass is 10.2. The number of ether oxygens (including phenoxy) is 2. The maximum atomic E-state index is 12.1. The van der Waals surface area contributed by atoms with Crippen LogP contribution in [0, 0.1) is 3.57 Å². The number of hydrogen-bond acceptors (Lipinski definition) is 4. The minimum Gasteiger partial charge on any atom is -0.493 e. The molecule has 0 saturated heterocycles. The van der Waals surface area contributed by atoms with Gasteiger partial charge in [-0.2, -0.15) is 5.10 Å². The van der Waals surface area contributed by atoms with Gasteiger partial charge in [0.25, 0.3) is 5.91 Å². The Labute approximate surface area is 198 Å². The summed E-state index contributed by atoms with van der Waals surface area (Å²) in [6, 6.07) is 17.9. The number of hydrogen-bond donors (Lipinski definition) is 1. The van der Waals surface area contributed by atoms with Crippen molar-refractivity contribution in [2.75, 3.05) is 7.11 Å². The van der Waals surface area contributed by atoms with Gasteiger partial charge < -0.3 is 9.47 Å². The largest absolute Gasteiger partial charge is 0.493 e. The van der Waals surface area contributed by atoms with Gasteiger partial charge in [0.15, 0.2) is 11.5 Å². The van der Waals surface area contributed by atoms with Crippen LogP contribution in [-0.4, -0.2) is 19.2 Å². The summed E-state index contributed by atoms with van der Waals surface area (Å²) in [6.45, 7) is 0.312. The summed E-state index contributed by atoms with van der Waals surface area (Å²) in [7, 11) is 1.53. The van der Waals surface area contributed by atoms with Crippen LogP contribution in [0.2, 0.25) is 10.0 Å². The summed E-state index contributed by atoms with van der Waals surface area (Å²) in [5, 5.41) is 5.02. The number of hydrazone groups is 1. The third kappa shape index (κ3) is 6.10. The first-order valence-electron chi connectivity index (χ1n) is 8.80. The van der Waals surface area contributed by atoms with E-state index < -0.39 is 0 Å². The fraction of sp³-hybridized carbons (Fsp3) is 0.0909. The van der Waals surface area contributed by atoms with Crippen molar-refractivity contribution in [3.63, 3.8) is 0 Å². The van der Waals surface area contributed by atoms with Gasteiger partial charge in [0.2, 0.25) is 0 Å². The molecule has 30 heavy (non-hydrogen) atoms. The molecule has 0 unspecified atom stereocenters. The molecule has 3 aromatic carbocycles. The molecule has 0 aliphatic carbocycles. The van der Waals surface area contributed by atoms with E-state index in [1.807, 2.05) is 24.3 Å². The summed E-state index contributed by atoms with van der Waals surface area (Å²) < 4.78 is 12.3. The average molecular weight is 555 g/mol. The Hall–Kier alpha value is -2.29. The van der Waals surface area contributed by atoms with Crippen LogP contribution in [0.3, 0.4) is 0 Å². The molecule has 0 bridgehead atoms. The van der Waals surface area contributed by atoms with E-state index in [0.29, 0.717) is 39.3 Å². The van der Waals surface area contributed by atoms with E-state index in [-0.39, 0.29) is 5.91 Å². The van der Waals surface area contributed by atoms with Gasteiger partial charge in [-0.05, 0) is 82.2 Å². The molecule has 0 fully saturated rings. The highest BCUT2D eigenvalue weighted by Crippen LogP contribution is 2.36. The van der Waals surface area contributed by atoms with Crippen molar-refractivity contribution >= 4 is 57.9 Å². The molecule has 0 heterocycles. The highest BCUT2D eigenvalue weighted by atomic mass is 127. The van der Waals surface area contributed by atoms with Crippen LogP contribution in [0.15, 0.2) is 65.8 Å². The predicted molar refractivity (Wildman–Crippen MR) is 128 cm³/mol. The lowest BCUT2D eigenvalue weighted by Gasteiger charge is -2.13. The number of amides is 1.